The fourth-order valence-electron chi connectivity index (χ4n) is 4.62. The highest BCUT2D eigenvalue weighted by atomic mass is 16.2. The molecular weight excluding hydrogens is 352 g/mol. The Labute approximate surface area is 164 Å². The molecule has 2 unspecified atom stereocenters. The Balaban J connectivity index is 1.62. The van der Waals surface area contributed by atoms with Gasteiger partial charge in [-0.2, -0.15) is 0 Å². The second-order valence-electron chi connectivity index (χ2n) is 7.93. The van der Waals surface area contributed by atoms with Gasteiger partial charge in [0.05, 0.1) is 11.1 Å². The summed E-state index contributed by atoms with van der Waals surface area (Å²) in [5, 5.41) is 0. The van der Waals surface area contributed by atoms with Gasteiger partial charge >= 0.3 is 0 Å². The van der Waals surface area contributed by atoms with E-state index in [4.69, 9.17) is 0 Å². The number of carbonyl (C=O) groups is 3. The smallest absolute Gasteiger partial charge is 0.261 e. The molecule has 1 fully saturated rings. The molecule has 0 bridgehead atoms. The van der Waals surface area contributed by atoms with Crippen molar-refractivity contribution in [3.05, 3.63) is 71.3 Å². The van der Waals surface area contributed by atoms with Crippen molar-refractivity contribution < 1.29 is 14.4 Å². The number of benzene rings is 2. The number of nitrogens with zero attached hydrogens (tertiary/aromatic N) is 2. The van der Waals surface area contributed by atoms with E-state index < -0.39 is 0 Å². The van der Waals surface area contributed by atoms with Crippen molar-refractivity contribution in [1.29, 1.82) is 0 Å². The molecule has 0 aromatic heterocycles. The minimum absolute atomic E-state index is 0.130. The van der Waals surface area contributed by atoms with Crippen LogP contribution in [0.4, 0.5) is 0 Å². The first-order chi connectivity index (χ1) is 13.4. The van der Waals surface area contributed by atoms with E-state index in [9.17, 15) is 14.4 Å². The lowest BCUT2D eigenvalue weighted by Gasteiger charge is -2.46. The van der Waals surface area contributed by atoms with Gasteiger partial charge in [-0.3, -0.25) is 24.2 Å². The predicted molar refractivity (Wildman–Crippen MR) is 106 cm³/mol. The van der Waals surface area contributed by atoms with Crippen molar-refractivity contribution in [2.75, 3.05) is 20.6 Å². The molecule has 0 spiro atoms. The molecule has 0 N–H and O–H groups in total. The van der Waals surface area contributed by atoms with Crippen LogP contribution in [0.15, 0.2) is 54.6 Å². The standard InChI is InChI=1S/C23H24N2O3/c1-24(2)23(17-8-4-3-5-9-17)13-12-20(26)16(14-23)15-25-21(27)18-10-6-7-11-19(18)22(25)28/h3-11,16H,12-15H2,1-2H3. The zero-order chi connectivity index (χ0) is 19.9. The third kappa shape index (κ3) is 2.87. The van der Waals surface area contributed by atoms with Crippen molar-refractivity contribution in [3.8, 4) is 0 Å². The average Bonchev–Trinajstić information content (AvgIpc) is 2.95. The minimum Gasteiger partial charge on any atom is -0.300 e. The Morgan fingerprint density at radius 3 is 2.07 bits per heavy atom. The van der Waals surface area contributed by atoms with E-state index in [1.807, 2.05) is 32.3 Å². The summed E-state index contributed by atoms with van der Waals surface area (Å²) in [4.78, 5) is 41.6. The monoisotopic (exact) mass is 376 g/mol. The minimum atomic E-state index is -0.362. The van der Waals surface area contributed by atoms with Crippen LogP contribution in [0.2, 0.25) is 0 Å². The van der Waals surface area contributed by atoms with Crippen LogP contribution in [-0.2, 0) is 10.3 Å². The molecule has 2 aromatic rings. The zero-order valence-electron chi connectivity index (χ0n) is 16.2. The van der Waals surface area contributed by atoms with Crippen molar-refractivity contribution in [1.82, 2.24) is 9.80 Å². The molecule has 0 radical (unpaired) electrons. The summed E-state index contributed by atoms with van der Waals surface area (Å²) >= 11 is 0. The molecule has 2 aliphatic rings. The van der Waals surface area contributed by atoms with Crippen LogP contribution >= 0.6 is 0 Å². The molecule has 1 saturated carbocycles. The van der Waals surface area contributed by atoms with E-state index >= 15 is 0 Å². The van der Waals surface area contributed by atoms with Crippen molar-refractivity contribution in [2.45, 2.75) is 24.8 Å². The highest BCUT2D eigenvalue weighted by molar-refractivity contribution is 6.21. The maximum absolute atomic E-state index is 12.7. The van der Waals surface area contributed by atoms with Crippen molar-refractivity contribution in [2.24, 2.45) is 5.92 Å². The van der Waals surface area contributed by atoms with E-state index in [1.165, 1.54) is 10.5 Å². The lowest BCUT2D eigenvalue weighted by molar-refractivity contribution is -0.128. The highest BCUT2D eigenvalue weighted by Crippen LogP contribution is 2.42. The number of rotatable bonds is 4. The lowest BCUT2D eigenvalue weighted by Crippen LogP contribution is -2.50. The third-order valence-corrected chi connectivity index (χ3v) is 6.27. The Morgan fingerprint density at radius 2 is 1.50 bits per heavy atom. The third-order valence-electron chi connectivity index (χ3n) is 6.27. The Morgan fingerprint density at radius 1 is 0.929 bits per heavy atom. The normalized spacial score (nSPS) is 24.8. The summed E-state index contributed by atoms with van der Waals surface area (Å²) in [7, 11) is 4.06. The quantitative estimate of drug-likeness (QED) is 0.770. The molecule has 4 rings (SSSR count). The Kier molecular flexibility index (Phi) is 4.63. The number of ketones is 1. The molecule has 0 saturated heterocycles. The Bertz CT molecular complexity index is 903. The van der Waals surface area contributed by atoms with Gasteiger partial charge < -0.3 is 0 Å². The second-order valence-corrected chi connectivity index (χ2v) is 7.93. The summed E-state index contributed by atoms with van der Waals surface area (Å²) in [6.07, 6.45) is 1.78. The molecule has 5 heteroatoms. The van der Waals surface area contributed by atoms with Crippen LogP contribution < -0.4 is 0 Å². The largest absolute Gasteiger partial charge is 0.300 e. The summed E-state index contributed by atoms with van der Waals surface area (Å²) in [5.74, 6) is -0.827. The number of hydrogen-bond donors (Lipinski definition) is 0. The maximum atomic E-state index is 12.7. The number of imide groups is 1. The van der Waals surface area contributed by atoms with E-state index in [-0.39, 0.29) is 35.6 Å². The van der Waals surface area contributed by atoms with Gasteiger partial charge in [-0.05, 0) is 44.6 Å². The van der Waals surface area contributed by atoms with Crippen LogP contribution in [0.1, 0.15) is 45.5 Å². The fraction of sp³-hybridized carbons (Fsp3) is 0.348. The highest BCUT2D eigenvalue weighted by Gasteiger charge is 2.45. The van der Waals surface area contributed by atoms with E-state index in [0.717, 1.165) is 6.42 Å². The van der Waals surface area contributed by atoms with Gasteiger partial charge in [-0.1, -0.05) is 42.5 Å². The molecule has 5 nitrogen and oxygen atoms in total. The van der Waals surface area contributed by atoms with Crippen LogP contribution in [0.25, 0.3) is 0 Å². The topological polar surface area (TPSA) is 57.7 Å². The van der Waals surface area contributed by atoms with Gasteiger partial charge in [-0.15, -0.1) is 0 Å². The zero-order valence-corrected chi connectivity index (χ0v) is 16.2. The molecule has 1 heterocycles. The number of amides is 2. The summed E-state index contributed by atoms with van der Waals surface area (Å²) in [6, 6.07) is 17.0. The van der Waals surface area contributed by atoms with Gasteiger partial charge in [0, 0.05) is 24.4 Å². The van der Waals surface area contributed by atoms with E-state index in [0.29, 0.717) is 24.0 Å². The van der Waals surface area contributed by atoms with Crippen molar-refractivity contribution in [3.63, 3.8) is 0 Å². The van der Waals surface area contributed by atoms with Gasteiger partial charge in [-0.25, -0.2) is 0 Å². The molecule has 2 aromatic carbocycles. The number of hydrogen-bond acceptors (Lipinski definition) is 4. The first-order valence-electron chi connectivity index (χ1n) is 9.65. The average molecular weight is 376 g/mol. The summed E-state index contributed by atoms with van der Waals surface area (Å²) < 4.78 is 0. The summed E-state index contributed by atoms with van der Waals surface area (Å²) in [5.41, 5.74) is 1.74. The van der Waals surface area contributed by atoms with Gasteiger partial charge in [0.15, 0.2) is 0 Å². The van der Waals surface area contributed by atoms with Crippen LogP contribution in [0.3, 0.4) is 0 Å². The molecule has 1 aliphatic heterocycles. The molecule has 2 atom stereocenters. The summed E-state index contributed by atoms with van der Waals surface area (Å²) in [6.45, 7) is 0.146. The van der Waals surface area contributed by atoms with Gasteiger partial charge in [0.25, 0.3) is 11.8 Å². The van der Waals surface area contributed by atoms with Crippen LogP contribution in [0.5, 0.6) is 0 Å². The SMILES string of the molecule is CN(C)C1(c2ccccc2)CCC(=O)C(CN2C(=O)c3ccccc3C2=O)C1. The van der Waals surface area contributed by atoms with E-state index in [1.54, 1.807) is 24.3 Å². The number of fused-ring (bicyclic) bond motifs is 1. The maximum Gasteiger partial charge on any atom is 0.261 e. The van der Waals surface area contributed by atoms with Crippen LogP contribution in [-0.4, -0.2) is 48.0 Å². The van der Waals surface area contributed by atoms with Crippen molar-refractivity contribution >= 4 is 17.6 Å². The second kappa shape index (κ2) is 6.99. The predicted octanol–water partition coefficient (Wildman–Crippen LogP) is 3.11. The lowest BCUT2D eigenvalue weighted by atomic mass is 9.70. The Hall–Kier alpha value is -2.79. The molecular formula is C23H24N2O3. The first-order valence-corrected chi connectivity index (χ1v) is 9.65. The molecule has 2 amide bonds. The van der Waals surface area contributed by atoms with Crippen LogP contribution in [0, 0.1) is 5.92 Å². The molecule has 28 heavy (non-hydrogen) atoms. The number of Topliss-reactive ketones (excluding diaryl/α,β-unsaturated/α-hetero) is 1. The molecule has 1 aliphatic carbocycles. The van der Waals surface area contributed by atoms with E-state index in [2.05, 4.69) is 17.0 Å². The number of carbonyl (C=O) groups excluding carboxylic acids is 3. The van der Waals surface area contributed by atoms with Gasteiger partial charge in [0.2, 0.25) is 0 Å². The van der Waals surface area contributed by atoms with Gasteiger partial charge in [0.1, 0.15) is 5.78 Å². The fourth-order valence-corrected chi connectivity index (χ4v) is 4.62. The first kappa shape index (κ1) is 18.6. The molecule has 144 valence electrons.